The number of hydrogen-bond donors (Lipinski definition) is 2. The van der Waals surface area contributed by atoms with Crippen molar-refractivity contribution in [3.8, 4) is 5.75 Å². The molecule has 8 nitrogen and oxygen atoms in total. The first-order chi connectivity index (χ1) is 14.7. The maximum Gasteiger partial charge on any atom is 0.338 e. The zero-order valence-electron chi connectivity index (χ0n) is 17.4. The van der Waals surface area contributed by atoms with E-state index >= 15 is 0 Å². The Kier molecular flexibility index (Phi) is 6.55. The van der Waals surface area contributed by atoms with Crippen LogP contribution in [-0.2, 0) is 23.3 Å². The van der Waals surface area contributed by atoms with Gasteiger partial charge in [-0.25, -0.2) is 9.36 Å². The van der Waals surface area contributed by atoms with Gasteiger partial charge in [0.2, 0.25) is 0 Å². The maximum atomic E-state index is 12.5. The lowest BCUT2D eigenvalue weighted by molar-refractivity contribution is -0.131. The lowest BCUT2D eigenvalue weighted by Crippen LogP contribution is -2.35. The van der Waals surface area contributed by atoms with Gasteiger partial charge in [0.1, 0.15) is 5.75 Å². The van der Waals surface area contributed by atoms with Crippen LogP contribution >= 0.6 is 11.5 Å². The van der Waals surface area contributed by atoms with E-state index < -0.39 is 17.1 Å². The van der Waals surface area contributed by atoms with Gasteiger partial charge in [0.25, 0.3) is 5.91 Å². The van der Waals surface area contributed by atoms with E-state index in [1.807, 2.05) is 38.1 Å². The average Bonchev–Trinajstić information content (AvgIpc) is 3.04. The van der Waals surface area contributed by atoms with Crippen molar-refractivity contribution in [3.05, 3.63) is 85.4 Å². The van der Waals surface area contributed by atoms with Crippen molar-refractivity contribution in [2.75, 3.05) is 0 Å². The number of amides is 1. The summed E-state index contributed by atoms with van der Waals surface area (Å²) in [6.45, 7) is 5.74. The number of H-pyrrole nitrogens is 1. The highest BCUT2D eigenvalue weighted by molar-refractivity contribution is 7.02. The molecule has 9 heteroatoms. The standard InChI is InChI=1S/C22H23N3O5S/c1-14(26)30-18-7-5-4-6-17(18)19(27)23-12-15-8-10-16(11-9-15)22(2,3)13-25-20(28)24-31-21(25)29/h4-11H,12-13H2,1-3H3,(H,23,27)(H,24,28). The Balaban J connectivity index is 1.67. The van der Waals surface area contributed by atoms with Crippen LogP contribution in [0.3, 0.4) is 0 Å². The van der Waals surface area contributed by atoms with Crippen LogP contribution in [0.2, 0.25) is 0 Å². The highest BCUT2D eigenvalue weighted by Crippen LogP contribution is 2.25. The molecule has 0 saturated carbocycles. The number of aromatic amines is 1. The van der Waals surface area contributed by atoms with Crippen LogP contribution in [0.15, 0.2) is 58.1 Å². The van der Waals surface area contributed by atoms with Crippen LogP contribution in [0.25, 0.3) is 0 Å². The molecule has 162 valence electrons. The summed E-state index contributed by atoms with van der Waals surface area (Å²) in [6.07, 6.45) is 0. The predicted octanol–water partition coefficient (Wildman–Crippen LogP) is 2.43. The smallest absolute Gasteiger partial charge is 0.338 e. The third-order valence-electron chi connectivity index (χ3n) is 4.82. The first kappa shape index (κ1) is 22.2. The number of aromatic nitrogens is 2. The fourth-order valence-electron chi connectivity index (χ4n) is 3.15. The zero-order chi connectivity index (χ0) is 22.6. The summed E-state index contributed by atoms with van der Waals surface area (Å²) in [7, 11) is 0. The van der Waals surface area contributed by atoms with E-state index in [4.69, 9.17) is 4.74 Å². The van der Waals surface area contributed by atoms with Gasteiger partial charge in [0.15, 0.2) is 0 Å². The number of carbonyl (C=O) groups is 2. The number of esters is 1. The number of nitrogens with one attached hydrogen (secondary N) is 2. The zero-order valence-corrected chi connectivity index (χ0v) is 18.2. The third kappa shape index (κ3) is 5.37. The molecule has 0 saturated heterocycles. The molecule has 1 amide bonds. The summed E-state index contributed by atoms with van der Waals surface area (Å²) in [5, 5.41) is 2.82. The second-order valence-electron chi connectivity index (χ2n) is 7.71. The monoisotopic (exact) mass is 441 g/mol. The van der Waals surface area contributed by atoms with E-state index in [0.29, 0.717) is 0 Å². The number of carbonyl (C=O) groups excluding carboxylic acids is 2. The van der Waals surface area contributed by atoms with Gasteiger partial charge in [-0.3, -0.25) is 18.8 Å². The Morgan fingerprint density at radius 3 is 2.39 bits per heavy atom. The van der Waals surface area contributed by atoms with E-state index in [0.717, 1.165) is 22.7 Å². The Morgan fingerprint density at radius 2 is 1.77 bits per heavy atom. The normalized spacial score (nSPS) is 11.2. The van der Waals surface area contributed by atoms with Crippen LogP contribution < -0.4 is 20.6 Å². The molecule has 0 aliphatic carbocycles. The van der Waals surface area contributed by atoms with Crippen LogP contribution in [0.1, 0.15) is 42.3 Å². The van der Waals surface area contributed by atoms with Crippen molar-refractivity contribution in [2.24, 2.45) is 0 Å². The van der Waals surface area contributed by atoms with Crippen LogP contribution in [0.4, 0.5) is 0 Å². The molecule has 0 atom stereocenters. The average molecular weight is 442 g/mol. The molecule has 3 rings (SSSR count). The molecule has 2 aromatic carbocycles. The molecule has 1 heterocycles. The molecule has 31 heavy (non-hydrogen) atoms. The van der Waals surface area contributed by atoms with Crippen molar-refractivity contribution in [1.82, 2.24) is 14.3 Å². The predicted molar refractivity (Wildman–Crippen MR) is 118 cm³/mol. The number of benzene rings is 2. The number of nitrogens with zero attached hydrogens (tertiary/aromatic N) is 1. The van der Waals surface area contributed by atoms with Crippen molar-refractivity contribution in [2.45, 2.75) is 39.3 Å². The summed E-state index contributed by atoms with van der Waals surface area (Å²) in [5.74, 6) is -0.634. The van der Waals surface area contributed by atoms with Gasteiger partial charge in [0, 0.05) is 37.0 Å². The Morgan fingerprint density at radius 1 is 1.10 bits per heavy atom. The van der Waals surface area contributed by atoms with Crippen molar-refractivity contribution >= 4 is 23.4 Å². The van der Waals surface area contributed by atoms with E-state index in [1.165, 1.54) is 11.5 Å². The fraction of sp³-hybridized carbons (Fsp3) is 0.273. The molecule has 3 aromatic rings. The largest absolute Gasteiger partial charge is 0.426 e. The van der Waals surface area contributed by atoms with E-state index in [2.05, 4.69) is 9.69 Å². The Hall–Kier alpha value is -3.46. The quantitative estimate of drug-likeness (QED) is 0.432. The minimum Gasteiger partial charge on any atom is -0.426 e. The lowest BCUT2D eigenvalue weighted by atomic mass is 9.84. The number of hydrogen-bond acceptors (Lipinski definition) is 6. The highest BCUT2D eigenvalue weighted by atomic mass is 32.1. The van der Waals surface area contributed by atoms with Gasteiger partial charge < -0.3 is 10.1 Å². The van der Waals surface area contributed by atoms with Crippen molar-refractivity contribution in [1.29, 1.82) is 0 Å². The minimum atomic E-state index is -0.495. The van der Waals surface area contributed by atoms with Crippen LogP contribution in [0.5, 0.6) is 5.75 Å². The Labute approximate surface area is 182 Å². The highest BCUT2D eigenvalue weighted by Gasteiger charge is 2.23. The van der Waals surface area contributed by atoms with Crippen molar-refractivity contribution < 1.29 is 14.3 Å². The topological polar surface area (TPSA) is 110 Å². The van der Waals surface area contributed by atoms with Crippen LogP contribution in [0, 0.1) is 0 Å². The summed E-state index contributed by atoms with van der Waals surface area (Å²) in [6, 6.07) is 14.1. The number of para-hydroxylation sites is 1. The minimum absolute atomic E-state index is 0.211. The molecule has 0 radical (unpaired) electrons. The van der Waals surface area contributed by atoms with Crippen molar-refractivity contribution in [3.63, 3.8) is 0 Å². The van der Waals surface area contributed by atoms with Gasteiger partial charge in [0.05, 0.1) is 5.56 Å². The van der Waals surface area contributed by atoms with E-state index in [1.54, 1.807) is 24.3 Å². The van der Waals surface area contributed by atoms with E-state index in [-0.39, 0.29) is 35.2 Å². The second-order valence-corrected chi connectivity index (χ2v) is 8.47. The van der Waals surface area contributed by atoms with E-state index in [9.17, 15) is 19.2 Å². The fourth-order valence-corrected chi connectivity index (χ4v) is 3.70. The summed E-state index contributed by atoms with van der Waals surface area (Å²) >= 11 is 0.783. The van der Waals surface area contributed by atoms with Gasteiger partial charge in [-0.1, -0.05) is 50.2 Å². The third-order valence-corrected chi connectivity index (χ3v) is 5.49. The first-order valence-electron chi connectivity index (χ1n) is 9.61. The first-order valence-corrected chi connectivity index (χ1v) is 10.4. The lowest BCUT2D eigenvalue weighted by Gasteiger charge is -2.25. The maximum absolute atomic E-state index is 12.5. The molecule has 0 spiro atoms. The number of ether oxygens (including phenoxy) is 1. The van der Waals surface area contributed by atoms with Gasteiger partial charge >= 0.3 is 16.5 Å². The molecular weight excluding hydrogens is 418 g/mol. The van der Waals surface area contributed by atoms with Crippen LogP contribution in [-0.4, -0.2) is 20.8 Å². The molecule has 0 aliphatic rings. The number of rotatable bonds is 7. The molecule has 0 unspecified atom stereocenters. The molecular formula is C22H23N3O5S. The summed E-state index contributed by atoms with van der Waals surface area (Å²) in [5.41, 5.74) is 1.27. The SMILES string of the molecule is CC(=O)Oc1ccccc1C(=O)NCc1ccc(C(C)(C)Cn2c(=O)[nH]sc2=O)cc1. The molecule has 1 aromatic heterocycles. The summed E-state index contributed by atoms with van der Waals surface area (Å²) in [4.78, 5) is 47.1. The molecule has 0 aliphatic heterocycles. The van der Waals surface area contributed by atoms with Gasteiger partial charge in [-0.15, -0.1) is 0 Å². The molecule has 0 fully saturated rings. The van der Waals surface area contributed by atoms with Gasteiger partial charge in [-0.2, -0.15) is 0 Å². The Bertz CT molecular complexity index is 1180. The molecule has 0 bridgehead atoms. The second kappa shape index (κ2) is 9.13. The summed E-state index contributed by atoms with van der Waals surface area (Å²) < 4.78 is 8.72. The molecule has 2 N–H and O–H groups in total. The van der Waals surface area contributed by atoms with Gasteiger partial charge in [-0.05, 0) is 23.3 Å².